The molecule has 0 bridgehead atoms. The molecule has 0 fully saturated rings. The largest absolute Gasteiger partial charge is 0.479 e. The van der Waals surface area contributed by atoms with Crippen LogP contribution in [0, 0.1) is 10.1 Å². The molecule has 22 heavy (non-hydrogen) atoms. The van der Waals surface area contributed by atoms with E-state index in [2.05, 4.69) is 0 Å². The average Bonchev–Trinajstić information content (AvgIpc) is 2.91. The van der Waals surface area contributed by atoms with Crippen molar-refractivity contribution >= 4 is 22.6 Å². The van der Waals surface area contributed by atoms with E-state index < -0.39 is 16.9 Å². The third-order valence-electron chi connectivity index (χ3n) is 3.54. The van der Waals surface area contributed by atoms with Gasteiger partial charge in [-0.1, -0.05) is 30.3 Å². The van der Waals surface area contributed by atoms with Gasteiger partial charge in [0, 0.05) is 29.2 Å². The van der Waals surface area contributed by atoms with Crippen molar-refractivity contribution in [2.45, 2.75) is 6.04 Å². The number of hydrogen-bond acceptors (Lipinski definition) is 3. The van der Waals surface area contributed by atoms with E-state index in [4.69, 9.17) is 0 Å². The lowest BCUT2D eigenvalue weighted by Crippen LogP contribution is -2.19. The molecule has 1 heterocycles. The Hall–Kier alpha value is -3.15. The number of nitro benzene ring substituents is 1. The fourth-order valence-corrected chi connectivity index (χ4v) is 2.55. The first-order valence-corrected chi connectivity index (χ1v) is 6.60. The molecule has 0 radical (unpaired) electrons. The van der Waals surface area contributed by atoms with Gasteiger partial charge in [0.2, 0.25) is 0 Å². The van der Waals surface area contributed by atoms with E-state index in [1.807, 2.05) is 6.07 Å². The van der Waals surface area contributed by atoms with E-state index in [1.54, 1.807) is 47.2 Å². The summed E-state index contributed by atoms with van der Waals surface area (Å²) >= 11 is 0. The van der Waals surface area contributed by atoms with Gasteiger partial charge in [0.05, 0.1) is 4.92 Å². The molecule has 6 heteroatoms. The number of aromatic nitrogens is 1. The second-order valence-electron chi connectivity index (χ2n) is 4.87. The lowest BCUT2D eigenvalue weighted by atomic mass is 10.1. The van der Waals surface area contributed by atoms with E-state index >= 15 is 0 Å². The van der Waals surface area contributed by atoms with Gasteiger partial charge in [-0.3, -0.25) is 10.1 Å². The average molecular weight is 296 g/mol. The highest BCUT2D eigenvalue weighted by atomic mass is 16.6. The first kappa shape index (κ1) is 13.8. The van der Waals surface area contributed by atoms with Gasteiger partial charge in [0.1, 0.15) is 0 Å². The molecule has 0 saturated carbocycles. The number of aliphatic carboxylic acids is 1. The predicted molar refractivity (Wildman–Crippen MR) is 80.8 cm³/mol. The fourth-order valence-electron chi connectivity index (χ4n) is 2.55. The van der Waals surface area contributed by atoms with Crippen molar-refractivity contribution in [3.05, 3.63) is 76.5 Å². The molecule has 1 atom stereocenters. The normalized spacial score (nSPS) is 12.2. The minimum Gasteiger partial charge on any atom is -0.479 e. The third kappa shape index (κ3) is 2.31. The van der Waals surface area contributed by atoms with Crippen LogP contribution in [0.5, 0.6) is 0 Å². The van der Waals surface area contributed by atoms with Crippen LogP contribution < -0.4 is 0 Å². The number of nitrogens with zero attached hydrogens (tertiary/aromatic N) is 2. The Morgan fingerprint density at radius 2 is 1.86 bits per heavy atom. The molecule has 110 valence electrons. The summed E-state index contributed by atoms with van der Waals surface area (Å²) < 4.78 is 1.61. The molecular weight excluding hydrogens is 284 g/mol. The van der Waals surface area contributed by atoms with E-state index in [9.17, 15) is 20.0 Å². The highest BCUT2D eigenvalue weighted by Crippen LogP contribution is 2.28. The molecule has 0 saturated heterocycles. The monoisotopic (exact) mass is 296 g/mol. The number of non-ortho nitro benzene ring substituents is 1. The zero-order chi connectivity index (χ0) is 15.7. The summed E-state index contributed by atoms with van der Waals surface area (Å²) in [6.07, 6.45) is 1.64. The maximum Gasteiger partial charge on any atom is 0.331 e. The van der Waals surface area contributed by atoms with Gasteiger partial charge < -0.3 is 9.67 Å². The number of benzene rings is 2. The molecule has 3 rings (SSSR count). The first-order chi connectivity index (χ1) is 10.6. The van der Waals surface area contributed by atoms with Gasteiger partial charge >= 0.3 is 5.97 Å². The second kappa shape index (κ2) is 5.33. The molecular formula is C16H12N2O4. The van der Waals surface area contributed by atoms with Gasteiger partial charge in [0.25, 0.3) is 5.69 Å². The molecule has 3 aromatic rings. The fraction of sp³-hybridized carbons (Fsp3) is 0.0625. The summed E-state index contributed by atoms with van der Waals surface area (Å²) in [5, 5.41) is 21.0. The molecule has 0 aliphatic carbocycles. The van der Waals surface area contributed by atoms with E-state index in [-0.39, 0.29) is 5.69 Å². The van der Waals surface area contributed by atoms with Crippen LogP contribution in [-0.2, 0) is 4.79 Å². The maximum atomic E-state index is 11.7. The van der Waals surface area contributed by atoms with E-state index in [1.165, 1.54) is 12.1 Å². The van der Waals surface area contributed by atoms with Gasteiger partial charge in [-0.15, -0.1) is 0 Å². The highest BCUT2D eigenvalue weighted by Gasteiger charge is 2.23. The predicted octanol–water partition coefficient (Wildman–Crippen LogP) is 3.22. The lowest BCUT2D eigenvalue weighted by molar-refractivity contribution is -0.384. The van der Waals surface area contributed by atoms with Gasteiger partial charge in [0.15, 0.2) is 6.04 Å². The Kier molecular flexibility index (Phi) is 3.34. The van der Waals surface area contributed by atoms with Crippen LogP contribution in [0.1, 0.15) is 11.6 Å². The quantitative estimate of drug-likeness (QED) is 0.591. The number of carboxylic acid groups (broad SMARTS) is 1. The molecule has 0 spiro atoms. The summed E-state index contributed by atoms with van der Waals surface area (Å²) in [7, 11) is 0. The first-order valence-electron chi connectivity index (χ1n) is 6.60. The van der Waals surface area contributed by atoms with Crippen molar-refractivity contribution in [3.8, 4) is 0 Å². The molecule has 0 aliphatic rings. The minimum absolute atomic E-state index is 0.0168. The number of nitro groups is 1. The van der Waals surface area contributed by atoms with Crippen LogP contribution in [0.2, 0.25) is 0 Å². The Morgan fingerprint density at radius 3 is 2.50 bits per heavy atom. The summed E-state index contributed by atoms with van der Waals surface area (Å²) in [5.74, 6) is -0.984. The summed E-state index contributed by atoms with van der Waals surface area (Å²) in [6.45, 7) is 0. The summed E-state index contributed by atoms with van der Waals surface area (Å²) in [4.78, 5) is 22.0. The Labute approximate surface area is 125 Å². The molecule has 1 N–H and O–H groups in total. The van der Waals surface area contributed by atoms with Crippen LogP contribution in [-0.4, -0.2) is 20.6 Å². The number of rotatable bonds is 4. The number of carbonyl (C=O) groups is 1. The highest BCUT2D eigenvalue weighted by molar-refractivity contribution is 5.86. The van der Waals surface area contributed by atoms with Crippen molar-refractivity contribution in [3.63, 3.8) is 0 Å². The lowest BCUT2D eigenvalue weighted by Gasteiger charge is -2.16. The topological polar surface area (TPSA) is 85.4 Å². The Balaban J connectivity index is 2.15. The number of hydrogen-bond donors (Lipinski definition) is 1. The molecule has 1 unspecified atom stereocenters. The van der Waals surface area contributed by atoms with Crippen LogP contribution in [0.15, 0.2) is 60.8 Å². The van der Waals surface area contributed by atoms with Gasteiger partial charge in [-0.2, -0.15) is 0 Å². The molecule has 0 amide bonds. The second-order valence-corrected chi connectivity index (χ2v) is 4.87. The van der Waals surface area contributed by atoms with Crippen LogP contribution in [0.3, 0.4) is 0 Å². The zero-order valence-electron chi connectivity index (χ0n) is 11.4. The maximum absolute atomic E-state index is 11.7. The number of fused-ring (bicyclic) bond motifs is 1. The van der Waals surface area contributed by atoms with Crippen molar-refractivity contribution < 1.29 is 14.8 Å². The standard InChI is InChI=1S/C16H12N2O4/c19-16(20)15(11-4-2-1-3-5-11)17-9-8-12-10-13(18(21)22)6-7-14(12)17/h1-10,15H,(H,19,20). The van der Waals surface area contributed by atoms with Gasteiger partial charge in [-0.25, -0.2) is 4.79 Å². The molecule has 6 nitrogen and oxygen atoms in total. The zero-order valence-corrected chi connectivity index (χ0v) is 11.4. The summed E-state index contributed by atoms with van der Waals surface area (Å²) in [5.41, 5.74) is 1.27. The minimum atomic E-state index is -0.984. The molecule has 0 aliphatic heterocycles. The molecule has 2 aromatic carbocycles. The van der Waals surface area contributed by atoms with Crippen molar-refractivity contribution in [1.82, 2.24) is 4.57 Å². The van der Waals surface area contributed by atoms with Crippen molar-refractivity contribution in [1.29, 1.82) is 0 Å². The van der Waals surface area contributed by atoms with Crippen LogP contribution in [0.25, 0.3) is 10.9 Å². The Morgan fingerprint density at radius 1 is 1.14 bits per heavy atom. The Bertz CT molecular complexity index is 855. The number of carboxylic acids is 1. The van der Waals surface area contributed by atoms with Crippen molar-refractivity contribution in [2.75, 3.05) is 0 Å². The SMILES string of the molecule is O=C(O)C(c1ccccc1)n1ccc2cc([N+](=O)[O-])ccc21. The smallest absolute Gasteiger partial charge is 0.331 e. The van der Waals surface area contributed by atoms with E-state index in [0.29, 0.717) is 16.5 Å². The summed E-state index contributed by atoms with van der Waals surface area (Å²) in [6, 6.07) is 14.1. The van der Waals surface area contributed by atoms with Gasteiger partial charge in [-0.05, 0) is 17.7 Å². The van der Waals surface area contributed by atoms with Crippen molar-refractivity contribution in [2.24, 2.45) is 0 Å². The third-order valence-corrected chi connectivity index (χ3v) is 3.54. The van der Waals surface area contributed by atoms with E-state index in [0.717, 1.165) is 0 Å². The van der Waals surface area contributed by atoms with Crippen LogP contribution >= 0.6 is 0 Å². The molecule has 1 aromatic heterocycles. The van der Waals surface area contributed by atoms with Crippen LogP contribution in [0.4, 0.5) is 5.69 Å².